The molecule has 188 valence electrons. The van der Waals surface area contributed by atoms with E-state index in [1.807, 2.05) is 0 Å². The molecule has 0 saturated carbocycles. The van der Waals surface area contributed by atoms with Crippen molar-refractivity contribution in [3.05, 3.63) is 126 Å². The minimum atomic E-state index is -1.86. The van der Waals surface area contributed by atoms with E-state index in [0.717, 1.165) is 6.42 Å². The number of nitrogens with zero attached hydrogens (tertiary/aromatic N) is 1. The quantitative estimate of drug-likeness (QED) is 0.228. The van der Waals surface area contributed by atoms with Crippen LogP contribution in [0, 0.1) is 0 Å². The van der Waals surface area contributed by atoms with E-state index in [-0.39, 0.29) is 0 Å². The van der Waals surface area contributed by atoms with E-state index in [1.54, 1.807) is 5.57 Å². The van der Waals surface area contributed by atoms with Gasteiger partial charge in [0.05, 0.1) is 0 Å². The molecule has 5 rings (SSSR count). The molecule has 1 aliphatic heterocycles. The van der Waals surface area contributed by atoms with Crippen molar-refractivity contribution in [2.24, 2.45) is 0 Å². The minimum absolute atomic E-state index is 0.678. The van der Waals surface area contributed by atoms with Crippen LogP contribution in [0.4, 0.5) is 5.69 Å². The van der Waals surface area contributed by atoms with Crippen LogP contribution in [0.25, 0.3) is 22.3 Å². The first-order chi connectivity index (χ1) is 18.1. The first-order valence-electron chi connectivity index (χ1n) is 13.8. The third-order valence-electron chi connectivity index (χ3n) is 8.66. The lowest BCUT2D eigenvalue weighted by molar-refractivity contribution is 0.718. The maximum Gasteiger partial charge on any atom is 0.165 e. The smallest absolute Gasteiger partial charge is 0.165 e. The fourth-order valence-electron chi connectivity index (χ4n) is 6.52. The van der Waals surface area contributed by atoms with Gasteiger partial charge in [-0.3, -0.25) is 0 Å². The van der Waals surface area contributed by atoms with E-state index in [4.69, 9.17) is 0 Å². The molecule has 0 spiro atoms. The molecule has 1 heterocycles. The predicted molar refractivity (Wildman–Crippen MR) is 163 cm³/mol. The fraction of sp³-hybridized carbons (Fsp3) is 0.257. The van der Waals surface area contributed by atoms with Gasteiger partial charge in [0.1, 0.15) is 0 Å². The van der Waals surface area contributed by atoms with Crippen LogP contribution in [0.2, 0.25) is 17.6 Å². The molecule has 4 aromatic rings. The molecule has 0 radical (unpaired) electrons. The Bertz CT molecular complexity index is 1370. The van der Waals surface area contributed by atoms with Gasteiger partial charge in [0.25, 0.3) is 0 Å². The molecule has 0 amide bonds. The van der Waals surface area contributed by atoms with Crippen LogP contribution in [-0.2, 0) is 6.42 Å². The summed E-state index contributed by atoms with van der Waals surface area (Å²) >= 11 is 0. The van der Waals surface area contributed by atoms with Gasteiger partial charge in [0.2, 0.25) is 0 Å². The number of hydrogen-bond donors (Lipinski definition) is 0. The largest absolute Gasteiger partial charge is 0.372 e. The van der Waals surface area contributed by atoms with Gasteiger partial charge >= 0.3 is 0 Å². The summed E-state index contributed by atoms with van der Waals surface area (Å²) in [6.07, 6.45) is 2.36. The van der Waals surface area contributed by atoms with Crippen molar-refractivity contribution < 1.29 is 0 Å². The predicted octanol–water partition coefficient (Wildman–Crippen LogP) is 10.1. The Kier molecular flexibility index (Phi) is 7.48. The molecule has 0 aliphatic carbocycles. The van der Waals surface area contributed by atoms with Crippen molar-refractivity contribution in [2.45, 2.75) is 58.2 Å². The molecule has 1 atom stereocenters. The Morgan fingerprint density at radius 1 is 0.649 bits per heavy atom. The molecule has 1 unspecified atom stereocenters. The molecule has 0 N–H and O–H groups in total. The highest BCUT2D eigenvalue weighted by atomic mass is 28.3. The van der Waals surface area contributed by atoms with Gasteiger partial charge in [-0.1, -0.05) is 116 Å². The van der Waals surface area contributed by atoms with E-state index >= 15 is 0 Å². The number of rotatable bonds is 7. The lowest BCUT2D eigenvalue weighted by Crippen LogP contribution is -2.58. The number of benzene rings is 4. The Morgan fingerprint density at radius 2 is 1.19 bits per heavy atom. The molecular weight excluding hydrogens is 462 g/mol. The second kappa shape index (κ2) is 10.9. The molecule has 2 heteroatoms. The monoisotopic (exact) mass is 501 g/mol. The molecule has 0 fully saturated rings. The third-order valence-corrected chi connectivity index (χ3v) is 14.5. The summed E-state index contributed by atoms with van der Waals surface area (Å²) in [6, 6.07) is 42.6. The zero-order valence-electron chi connectivity index (χ0n) is 22.7. The minimum Gasteiger partial charge on any atom is -0.372 e. The van der Waals surface area contributed by atoms with E-state index in [2.05, 4.69) is 141 Å². The van der Waals surface area contributed by atoms with Gasteiger partial charge in [-0.05, 0) is 84.3 Å². The van der Waals surface area contributed by atoms with Gasteiger partial charge in [-0.15, -0.1) is 0 Å². The molecule has 0 aromatic heterocycles. The number of anilines is 1. The van der Waals surface area contributed by atoms with Gasteiger partial charge in [-0.2, -0.15) is 0 Å². The zero-order valence-corrected chi connectivity index (χ0v) is 23.7. The summed E-state index contributed by atoms with van der Waals surface area (Å²) in [7, 11) is -1.86. The zero-order chi connectivity index (χ0) is 25.8. The summed E-state index contributed by atoms with van der Waals surface area (Å²) in [5, 5.41) is 0. The van der Waals surface area contributed by atoms with Crippen LogP contribution >= 0.6 is 0 Å². The lowest BCUT2D eigenvalue weighted by Gasteiger charge is -2.52. The van der Waals surface area contributed by atoms with E-state index in [9.17, 15) is 0 Å². The SMILES string of the molecule is CC[Si]1(CC)C(Cc2cccc(-c3ccccc3)c2)CC(C)=C(C)N1c1cccc(-c2ccccc2)c1. The van der Waals surface area contributed by atoms with Gasteiger partial charge in [-0.25, -0.2) is 0 Å². The Balaban J connectivity index is 1.54. The number of allylic oxidation sites excluding steroid dienone is 2. The summed E-state index contributed by atoms with van der Waals surface area (Å²) < 4.78 is 2.84. The van der Waals surface area contributed by atoms with Crippen molar-refractivity contribution in [1.29, 1.82) is 0 Å². The standard InChI is InChI=1S/C35H39NSi/c1-5-37(6-2)35(25-29-15-13-20-32(24-29)30-16-9-7-10-17-30)23-27(3)28(4)36(37)34-22-14-21-33(26-34)31-18-11-8-12-19-31/h7-22,24,26,35H,5-6,23,25H2,1-4H3. The van der Waals surface area contributed by atoms with Crippen molar-refractivity contribution in [1.82, 2.24) is 0 Å². The first kappa shape index (κ1) is 25.3. The van der Waals surface area contributed by atoms with Gasteiger partial charge in [0.15, 0.2) is 8.24 Å². The maximum atomic E-state index is 2.84. The second-order valence-corrected chi connectivity index (χ2v) is 15.5. The van der Waals surface area contributed by atoms with E-state index in [1.165, 1.54) is 57.7 Å². The normalized spacial score (nSPS) is 17.2. The molecule has 1 nitrogen and oxygen atoms in total. The maximum absolute atomic E-state index is 2.84. The Hall–Kier alpha value is -3.36. The highest BCUT2D eigenvalue weighted by molar-refractivity contribution is 6.85. The van der Waals surface area contributed by atoms with Crippen molar-refractivity contribution in [3.8, 4) is 22.3 Å². The van der Waals surface area contributed by atoms with Crippen LogP contribution in [0.5, 0.6) is 0 Å². The molecule has 4 aromatic carbocycles. The van der Waals surface area contributed by atoms with Crippen molar-refractivity contribution >= 4 is 13.9 Å². The van der Waals surface area contributed by atoms with Gasteiger partial charge in [0, 0.05) is 11.4 Å². The van der Waals surface area contributed by atoms with E-state index in [0.29, 0.717) is 5.54 Å². The van der Waals surface area contributed by atoms with Crippen LogP contribution < -0.4 is 4.57 Å². The Labute approximate surface area is 224 Å². The molecule has 1 aliphatic rings. The highest BCUT2D eigenvalue weighted by Gasteiger charge is 2.47. The Morgan fingerprint density at radius 3 is 1.78 bits per heavy atom. The van der Waals surface area contributed by atoms with Crippen molar-refractivity contribution in [3.63, 3.8) is 0 Å². The molecule has 0 bridgehead atoms. The summed E-state index contributed by atoms with van der Waals surface area (Å²) in [5.74, 6) is 0. The third kappa shape index (κ3) is 4.95. The van der Waals surface area contributed by atoms with Crippen LogP contribution in [0.15, 0.2) is 120 Å². The molecule has 0 saturated heterocycles. The van der Waals surface area contributed by atoms with Gasteiger partial charge < -0.3 is 4.57 Å². The average molecular weight is 502 g/mol. The van der Waals surface area contributed by atoms with Crippen LogP contribution in [-0.4, -0.2) is 8.24 Å². The highest BCUT2D eigenvalue weighted by Crippen LogP contribution is 2.48. The van der Waals surface area contributed by atoms with Crippen LogP contribution in [0.1, 0.15) is 39.7 Å². The fourth-order valence-corrected chi connectivity index (χ4v) is 12.0. The lowest BCUT2D eigenvalue weighted by atomic mass is 9.98. The molecule has 37 heavy (non-hydrogen) atoms. The van der Waals surface area contributed by atoms with Crippen molar-refractivity contribution in [2.75, 3.05) is 4.57 Å². The number of hydrogen-bond acceptors (Lipinski definition) is 1. The van der Waals surface area contributed by atoms with Crippen LogP contribution in [0.3, 0.4) is 0 Å². The summed E-state index contributed by atoms with van der Waals surface area (Å²) in [5.41, 5.74) is 11.8. The second-order valence-electron chi connectivity index (χ2n) is 10.6. The molecular formula is C35H39NSi. The topological polar surface area (TPSA) is 3.24 Å². The average Bonchev–Trinajstić information content (AvgIpc) is 2.96. The summed E-state index contributed by atoms with van der Waals surface area (Å²) in [4.78, 5) is 0. The first-order valence-corrected chi connectivity index (χ1v) is 16.3. The van der Waals surface area contributed by atoms with E-state index < -0.39 is 8.24 Å². The summed E-state index contributed by atoms with van der Waals surface area (Å²) in [6.45, 7) is 9.63.